The number of carbonyl (C=O) groups is 2. The summed E-state index contributed by atoms with van der Waals surface area (Å²) < 4.78 is 64.2. The number of carboxylic acid groups (broad SMARTS) is 1. The molecule has 2 heterocycles. The molecule has 4 aromatic rings. The number of H-pyrrole nitrogens is 1. The van der Waals surface area contributed by atoms with Crippen molar-refractivity contribution in [2.24, 2.45) is 0 Å². The number of ether oxygens (including phenoxy) is 1. The quantitative estimate of drug-likeness (QED) is 0.256. The van der Waals surface area contributed by atoms with Crippen molar-refractivity contribution in [3.63, 3.8) is 0 Å². The summed E-state index contributed by atoms with van der Waals surface area (Å²) in [6.45, 7) is 2.03. The molecule has 1 saturated heterocycles. The lowest BCUT2D eigenvalue weighted by molar-refractivity contribution is -0.192. The molecule has 1 aliphatic rings. The molecule has 238 valence electrons. The molecule has 1 aliphatic heterocycles. The first-order valence-electron chi connectivity index (χ1n) is 13.4. The average molecular weight is 666 g/mol. The van der Waals surface area contributed by atoms with E-state index in [9.17, 15) is 31.2 Å². The third kappa shape index (κ3) is 7.53. The van der Waals surface area contributed by atoms with Crippen molar-refractivity contribution in [2.45, 2.75) is 17.5 Å². The normalized spacial score (nSPS) is 14.0. The number of rotatable bonds is 6. The van der Waals surface area contributed by atoms with Crippen molar-refractivity contribution >= 4 is 44.5 Å². The van der Waals surface area contributed by atoms with Gasteiger partial charge in [-0.2, -0.15) is 17.5 Å². The number of benzene rings is 3. The zero-order valence-corrected chi connectivity index (χ0v) is 25.2. The van der Waals surface area contributed by atoms with Crippen LogP contribution in [0, 0.1) is 0 Å². The van der Waals surface area contributed by atoms with Crippen LogP contribution in [-0.4, -0.2) is 74.2 Å². The number of aromatic nitrogens is 1. The molecule has 1 fully saturated rings. The highest BCUT2D eigenvalue weighted by atomic mass is 35.5. The molecule has 15 heteroatoms. The van der Waals surface area contributed by atoms with Gasteiger partial charge in [0.05, 0.1) is 22.5 Å². The van der Waals surface area contributed by atoms with Crippen LogP contribution < -0.4 is 10.7 Å². The van der Waals surface area contributed by atoms with Crippen LogP contribution in [0.25, 0.3) is 22.0 Å². The Morgan fingerprint density at radius 3 is 2.16 bits per heavy atom. The molecule has 0 bridgehead atoms. The summed E-state index contributed by atoms with van der Waals surface area (Å²) in [6.07, 6.45) is -4.98. The Morgan fingerprint density at radius 2 is 1.60 bits per heavy atom. The number of nitrogens with zero attached hydrogens (tertiary/aromatic N) is 1. The third-order valence-electron chi connectivity index (χ3n) is 6.94. The van der Waals surface area contributed by atoms with Gasteiger partial charge in [0.15, 0.2) is 5.43 Å². The van der Waals surface area contributed by atoms with Crippen molar-refractivity contribution in [3.8, 4) is 11.1 Å². The van der Waals surface area contributed by atoms with E-state index >= 15 is 0 Å². The standard InChI is InChI=1S/C28H26ClN3O5S.C2HF3O2/c1-37-28(34)26-22(17-18-7-9-20(10-8-18)38(35,36)32-15-13-30-14-16-32)27(33)21-11-12-23(29)24(25(21)31-26)19-5-3-2-4-6-19;3-2(4,5)1(6)7/h2-12,30H,13-17H2,1H3,(H,31,33);(H,6,7). The summed E-state index contributed by atoms with van der Waals surface area (Å²) in [5, 5.41) is 11.1. The number of carboxylic acids is 1. The number of carbonyl (C=O) groups excluding carboxylic acids is 1. The minimum Gasteiger partial charge on any atom is -0.475 e. The number of aromatic amines is 1. The zero-order chi connectivity index (χ0) is 32.9. The zero-order valence-electron chi connectivity index (χ0n) is 23.7. The van der Waals surface area contributed by atoms with Gasteiger partial charge in [0.2, 0.25) is 10.0 Å². The first kappa shape index (κ1) is 33.6. The number of methoxy groups -OCH3 is 1. The molecule has 0 unspecified atom stereocenters. The van der Waals surface area contributed by atoms with Gasteiger partial charge in [-0.25, -0.2) is 18.0 Å². The van der Waals surface area contributed by atoms with E-state index in [0.717, 1.165) is 5.56 Å². The molecule has 0 atom stereocenters. The minimum absolute atomic E-state index is 0.0296. The fraction of sp³-hybridized carbons (Fsp3) is 0.233. The number of hydrogen-bond acceptors (Lipinski definition) is 7. The van der Waals surface area contributed by atoms with Gasteiger partial charge in [0.25, 0.3) is 0 Å². The fourth-order valence-corrected chi connectivity index (χ4v) is 6.43. The number of pyridine rings is 1. The lowest BCUT2D eigenvalue weighted by Crippen LogP contribution is -2.46. The lowest BCUT2D eigenvalue weighted by atomic mass is 9.97. The number of sulfonamides is 1. The van der Waals surface area contributed by atoms with E-state index in [2.05, 4.69) is 10.3 Å². The highest BCUT2D eigenvalue weighted by Crippen LogP contribution is 2.34. The van der Waals surface area contributed by atoms with Crippen LogP contribution in [0.4, 0.5) is 13.2 Å². The number of halogens is 4. The number of aliphatic carboxylic acids is 1. The molecule has 3 aromatic carbocycles. The second kappa shape index (κ2) is 13.8. The van der Waals surface area contributed by atoms with E-state index in [4.69, 9.17) is 26.2 Å². The van der Waals surface area contributed by atoms with E-state index in [1.165, 1.54) is 23.5 Å². The number of nitrogens with one attached hydrogen (secondary N) is 2. The van der Waals surface area contributed by atoms with Gasteiger partial charge in [-0.3, -0.25) is 4.79 Å². The molecule has 45 heavy (non-hydrogen) atoms. The van der Waals surface area contributed by atoms with E-state index < -0.39 is 28.1 Å². The van der Waals surface area contributed by atoms with Crippen LogP contribution >= 0.6 is 11.6 Å². The summed E-state index contributed by atoms with van der Waals surface area (Å²) in [4.78, 5) is 38.7. The molecule has 0 amide bonds. The predicted octanol–water partition coefficient (Wildman–Crippen LogP) is 4.45. The van der Waals surface area contributed by atoms with Gasteiger partial charge >= 0.3 is 18.1 Å². The maximum atomic E-state index is 13.7. The number of esters is 1. The van der Waals surface area contributed by atoms with Gasteiger partial charge in [-0.05, 0) is 35.4 Å². The van der Waals surface area contributed by atoms with Gasteiger partial charge in [-0.1, -0.05) is 54.1 Å². The molecule has 1 aromatic heterocycles. The summed E-state index contributed by atoms with van der Waals surface area (Å²) >= 11 is 6.54. The summed E-state index contributed by atoms with van der Waals surface area (Å²) in [5.74, 6) is -3.44. The highest BCUT2D eigenvalue weighted by Gasteiger charge is 2.38. The Morgan fingerprint density at radius 1 is 1.00 bits per heavy atom. The maximum absolute atomic E-state index is 13.7. The molecule has 0 saturated carbocycles. The number of piperazine rings is 1. The lowest BCUT2D eigenvalue weighted by Gasteiger charge is -2.26. The minimum atomic E-state index is -5.08. The number of fused-ring (bicyclic) bond motifs is 1. The molecule has 0 aliphatic carbocycles. The van der Waals surface area contributed by atoms with E-state index in [1.807, 2.05) is 30.3 Å². The Balaban J connectivity index is 0.000000591. The first-order valence-corrected chi connectivity index (χ1v) is 15.2. The summed E-state index contributed by atoms with van der Waals surface area (Å²) in [6, 6.07) is 19.1. The van der Waals surface area contributed by atoms with Crippen molar-refractivity contribution < 1.29 is 41.0 Å². The van der Waals surface area contributed by atoms with Crippen LogP contribution in [0.2, 0.25) is 5.02 Å². The van der Waals surface area contributed by atoms with Gasteiger partial charge in [0.1, 0.15) is 5.69 Å². The first-order chi connectivity index (χ1) is 21.3. The van der Waals surface area contributed by atoms with Gasteiger partial charge in [-0.15, -0.1) is 0 Å². The van der Waals surface area contributed by atoms with Crippen molar-refractivity contribution in [1.82, 2.24) is 14.6 Å². The van der Waals surface area contributed by atoms with Gasteiger partial charge in [0, 0.05) is 49.1 Å². The SMILES string of the molecule is COC(=O)c1[nH]c2c(-c3ccccc3)c(Cl)ccc2c(=O)c1Cc1ccc(S(=O)(=O)N2CCNCC2)cc1.O=C(O)C(F)(F)F. The smallest absolute Gasteiger partial charge is 0.475 e. The molecule has 0 radical (unpaired) electrons. The molecule has 5 rings (SSSR count). The second-order valence-electron chi connectivity index (χ2n) is 9.79. The maximum Gasteiger partial charge on any atom is 0.490 e. The van der Waals surface area contributed by atoms with Crippen molar-refractivity contribution in [1.29, 1.82) is 0 Å². The van der Waals surface area contributed by atoms with Crippen LogP contribution in [0.15, 0.2) is 76.4 Å². The molecule has 10 nitrogen and oxygen atoms in total. The summed E-state index contributed by atoms with van der Waals surface area (Å²) in [5.41, 5.74) is 2.45. The Labute approximate surface area is 260 Å². The Kier molecular flexibility index (Phi) is 10.3. The molecule has 3 N–H and O–H groups in total. The van der Waals surface area contributed by atoms with E-state index in [-0.39, 0.29) is 28.0 Å². The van der Waals surface area contributed by atoms with Crippen molar-refractivity contribution in [2.75, 3.05) is 33.3 Å². The van der Waals surface area contributed by atoms with Crippen LogP contribution in [0.3, 0.4) is 0 Å². The van der Waals surface area contributed by atoms with Crippen molar-refractivity contribution in [3.05, 3.63) is 98.8 Å². The third-order valence-corrected chi connectivity index (χ3v) is 9.17. The predicted molar refractivity (Wildman–Crippen MR) is 161 cm³/mol. The largest absolute Gasteiger partial charge is 0.490 e. The van der Waals surface area contributed by atoms with Crippen LogP contribution in [0.1, 0.15) is 21.6 Å². The molecular formula is C30H27ClF3N3O7S. The fourth-order valence-electron chi connectivity index (χ4n) is 4.72. The second-order valence-corrected chi connectivity index (χ2v) is 12.1. The van der Waals surface area contributed by atoms with Gasteiger partial charge < -0.3 is 20.1 Å². The van der Waals surface area contributed by atoms with Crippen LogP contribution in [0.5, 0.6) is 0 Å². The average Bonchev–Trinajstić information content (AvgIpc) is 3.02. The topological polar surface area (TPSA) is 146 Å². The monoisotopic (exact) mass is 665 g/mol. The Hall–Kier alpha value is -4.24. The summed E-state index contributed by atoms with van der Waals surface area (Å²) in [7, 11) is -2.36. The number of alkyl halides is 3. The molecule has 0 spiro atoms. The van der Waals surface area contributed by atoms with Crippen LogP contribution in [-0.2, 0) is 26.0 Å². The highest BCUT2D eigenvalue weighted by molar-refractivity contribution is 7.89. The van der Waals surface area contributed by atoms with E-state index in [1.54, 1.807) is 24.3 Å². The molecular weight excluding hydrogens is 639 g/mol. The van der Waals surface area contributed by atoms with E-state index in [0.29, 0.717) is 53.2 Å². The Bertz CT molecular complexity index is 1880. The number of hydrogen-bond donors (Lipinski definition) is 3.